The van der Waals surface area contributed by atoms with Crippen molar-refractivity contribution in [2.24, 2.45) is 0 Å². The molecule has 4 aromatic carbocycles. The van der Waals surface area contributed by atoms with Gasteiger partial charge >= 0.3 is 0 Å². The van der Waals surface area contributed by atoms with Crippen molar-refractivity contribution in [2.45, 2.75) is 40.0 Å². The van der Waals surface area contributed by atoms with Crippen LogP contribution in [-0.4, -0.2) is 0 Å². The monoisotopic (exact) mass is 574 g/mol. The minimum absolute atomic E-state index is 0.0208. The maximum atomic E-state index is 2.46. The summed E-state index contributed by atoms with van der Waals surface area (Å²) in [5, 5.41) is 7.62. The average Bonchev–Trinajstić information content (AvgIpc) is 3.13. The second-order valence-corrected chi connectivity index (χ2v) is 14.0. The Balaban J connectivity index is 1.75. The summed E-state index contributed by atoms with van der Waals surface area (Å²) in [7, 11) is 0. The summed E-state index contributed by atoms with van der Waals surface area (Å²) in [6, 6.07) is 38.7. The molecule has 43 heavy (non-hydrogen) atoms. The summed E-state index contributed by atoms with van der Waals surface area (Å²) in [4.78, 5) is 0. The molecule has 0 radical (unpaired) electrons. The van der Waals surface area contributed by atoms with Crippen molar-refractivity contribution in [1.29, 1.82) is 0 Å². The number of hydrogen-bond acceptors (Lipinski definition) is 1. The largest absolute Gasteiger partial charge is 0.226 e. The Kier molecular flexibility index (Phi) is 5.73. The molecule has 2 nitrogen and oxygen atoms in total. The first kappa shape index (κ1) is 26.1. The van der Waals surface area contributed by atoms with Crippen LogP contribution in [0.2, 0.25) is 0 Å². The van der Waals surface area contributed by atoms with Gasteiger partial charge in [0.15, 0.2) is 12.4 Å². The van der Waals surface area contributed by atoms with Crippen molar-refractivity contribution < 1.29 is 8.80 Å². The lowest BCUT2D eigenvalue weighted by atomic mass is 9.87. The topological polar surface area (TPSA) is 8.20 Å². The minimum atomic E-state index is 0.0208. The number of hydrogen-bond donors (Lipinski definition) is 0. The minimum Gasteiger partial charge on any atom is -0.159 e. The van der Waals surface area contributed by atoms with Gasteiger partial charge in [0, 0.05) is 50.7 Å². The number of para-hydroxylation sites is 1. The Morgan fingerprint density at radius 1 is 0.488 bits per heavy atom. The molecule has 3 heteroatoms. The molecule has 0 bridgehead atoms. The zero-order valence-corrected chi connectivity index (χ0v) is 26.1. The van der Waals surface area contributed by atoms with Crippen LogP contribution < -0.4 is 8.80 Å². The van der Waals surface area contributed by atoms with Gasteiger partial charge in [0.05, 0.1) is 0 Å². The first-order valence-corrected chi connectivity index (χ1v) is 15.8. The van der Waals surface area contributed by atoms with Crippen LogP contribution in [0.15, 0.2) is 116 Å². The highest BCUT2D eigenvalue weighted by Crippen LogP contribution is 2.37. The molecule has 208 valence electrons. The van der Waals surface area contributed by atoms with Gasteiger partial charge in [-0.05, 0) is 71.3 Å². The fraction of sp³-hybridized carbons (Fsp3) is 0.150. The van der Waals surface area contributed by atoms with Crippen LogP contribution in [0.1, 0.15) is 37.5 Å². The van der Waals surface area contributed by atoms with E-state index < -0.39 is 0 Å². The molecule has 0 fully saturated rings. The molecular weight excluding hydrogens is 541 g/mol. The standard InChI is InChI=1S/C40H34N2S/c1-25-15-17-38-31(20-25)28-10-6-7-11-29(28)32-22-33-36-21-27(40(3,4)5)18-19-41(36)34-13-9-8-12-30(34)35-16-14-26(2)24-42(35)37(33)23-39(32)43-38/h6-24H,1-5H3/q+2. The van der Waals surface area contributed by atoms with Gasteiger partial charge in [0.25, 0.3) is 0 Å². The molecule has 0 aliphatic heterocycles. The van der Waals surface area contributed by atoms with Crippen LogP contribution in [0.25, 0.3) is 63.8 Å². The van der Waals surface area contributed by atoms with Gasteiger partial charge in [-0.15, -0.1) is 11.3 Å². The summed E-state index contributed by atoms with van der Waals surface area (Å²) >= 11 is 1.89. The summed E-state index contributed by atoms with van der Waals surface area (Å²) in [6.45, 7) is 11.3. The second-order valence-electron chi connectivity index (χ2n) is 12.9. The quantitative estimate of drug-likeness (QED) is 0.159. The third-order valence-electron chi connectivity index (χ3n) is 8.85. The number of nitrogens with zero attached hydrogens (tertiary/aromatic N) is 2. The first-order valence-electron chi connectivity index (χ1n) is 15.0. The zero-order valence-electron chi connectivity index (χ0n) is 25.3. The lowest BCUT2D eigenvalue weighted by Gasteiger charge is -2.17. The van der Waals surface area contributed by atoms with Gasteiger partial charge in [-0.1, -0.05) is 68.8 Å². The van der Waals surface area contributed by atoms with Gasteiger partial charge < -0.3 is 0 Å². The summed E-state index contributed by atoms with van der Waals surface area (Å²) < 4.78 is 7.39. The number of aryl methyl sites for hydroxylation is 2. The zero-order chi connectivity index (χ0) is 29.5. The third kappa shape index (κ3) is 4.14. The second kappa shape index (κ2) is 9.45. The maximum absolute atomic E-state index is 2.46. The Morgan fingerprint density at radius 3 is 1.91 bits per heavy atom. The lowest BCUT2D eigenvalue weighted by molar-refractivity contribution is -0.488. The molecule has 4 heterocycles. The molecular formula is C40H34N2S+2. The maximum Gasteiger partial charge on any atom is 0.226 e. The van der Waals surface area contributed by atoms with Gasteiger partial charge in [0.1, 0.15) is 10.8 Å². The Morgan fingerprint density at radius 2 is 1.14 bits per heavy atom. The summed E-state index contributed by atoms with van der Waals surface area (Å²) in [6.07, 6.45) is 4.57. The number of benzene rings is 4. The van der Waals surface area contributed by atoms with Crippen LogP contribution >= 0.6 is 11.3 Å². The predicted octanol–water partition coefficient (Wildman–Crippen LogP) is 10.0. The highest BCUT2D eigenvalue weighted by atomic mass is 32.1. The van der Waals surface area contributed by atoms with Crippen molar-refractivity contribution in [3.63, 3.8) is 0 Å². The fourth-order valence-corrected chi connectivity index (χ4v) is 7.69. The number of pyridine rings is 2. The number of fused-ring (bicyclic) bond motifs is 13. The molecule has 0 saturated carbocycles. The molecule has 0 spiro atoms. The fourth-order valence-electron chi connectivity index (χ4n) is 6.59. The van der Waals surface area contributed by atoms with Crippen LogP contribution in [0.5, 0.6) is 0 Å². The van der Waals surface area contributed by atoms with E-state index in [1.807, 2.05) is 11.3 Å². The van der Waals surface area contributed by atoms with Crippen LogP contribution in [0, 0.1) is 13.8 Å². The van der Waals surface area contributed by atoms with E-state index in [-0.39, 0.29) is 5.41 Å². The first-order chi connectivity index (χ1) is 20.8. The van der Waals surface area contributed by atoms with E-state index >= 15 is 0 Å². The van der Waals surface area contributed by atoms with Crippen molar-refractivity contribution in [2.75, 3.05) is 0 Å². The van der Waals surface area contributed by atoms with E-state index in [1.54, 1.807) is 0 Å². The Bertz CT molecular complexity index is 2510. The average molecular weight is 575 g/mol. The van der Waals surface area contributed by atoms with E-state index in [2.05, 4.69) is 159 Å². The number of aromatic nitrogens is 2. The Labute approximate surface area is 255 Å². The molecule has 0 N–H and O–H groups in total. The third-order valence-corrected chi connectivity index (χ3v) is 9.99. The lowest BCUT2D eigenvalue weighted by Crippen LogP contribution is -2.28. The van der Waals surface area contributed by atoms with Crippen molar-refractivity contribution >= 4 is 75.1 Å². The van der Waals surface area contributed by atoms with E-state index in [9.17, 15) is 0 Å². The molecule has 4 aromatic heterocycles. The molecule has 0 amide bonds. The summed E-state index contributed by atoms with van der Waals surface area (Å²) in [5.41, 5.74) is 8.65. The highest BCUT2D eigenvalue weighted by Gasteiger charge is 2.23. The number of rotatable bonds is 0. The smallest absolute Gasteiger partial charge is 0.159 e. The summed E-state index contributed by atoms with van der Waals surface area (Å²) in [5.74, 6) is 0. The molecule has 8 rings (SSSR count). The SMILES string of the molecule is Cc1ccc2sc3cc4c(cc3c3ccccc3c2c1)c1cc(C(C)(C)C)cc[n+]1c1ccccc1c1ccc(C)c[n+]14. The van der Waals surface area contributed by atoms with Gasteiger partial charge in [-0.2, -0.15) is 8.80 Å². The molecule has 8 aromatic rings. The van der Waals surface area contributed by atoms with E-state index in [0.717, 1.165) is 0 Å². The van der Waals surface area contributed by atoms with E-state index in [1.165, 1.54) is 80.5 Å². The van der Waals surface area contributed by atoms with Crippen molar-refractivity contribution in [1.82, 2.24) is 0 Å². The van der Waals surface area contributed by atoms with Crippen LogP contribution in [-0.2, 0) is 5.41 Å². The molecule has 0 aliphatic carbocycles. The Hall–Kier alpha value is -4.60. The predicted molar refractivity (Wildman–Crippen MR) is 184 cm³/mol. The van der Waals surface area contributed by atoms with E-state index in [4.69, 9.17) is 0 Å². The molecule has 0 saturated heterocycles. The van der Waals surface area contributed by atoms with Gasteiger partial charge in [0.2, 0.25) is 22.1 Å². The van der Waals surface area contributed by atoms with Crippen molar-refractivity contribution in [3.05, 3.63) is 132 Å². The van der Waals surface area contributed by atoms with Gasteiger partial charge in [-0.25, -0.2) is 0 Å². The molecule has 0 aliphatic rings. The van der Waals surface area contributed by atoms with Gasteiger partial charge in [-0.3, -0.25) is 0 Å². The van der Waals surface area contributed by atoms with Crippen LogP contribution in [0.4, 0.5) is 0 Å². The van der Waals surface area contributed by atoms with Crippen LogP contribution in [0.3, 0.4) is 0 Å². The normalized spacial score (nSPS) is 12.3. The van der Waals surface area contributed by atoms with E-state index in [0.29, 0.717) is 0 Å². The highest BCUT2D eigenvalue weighted by molar-refractivity contribution is 7.24. The molecule has 0 unspecified atom stereocenters. The van der Waals surface area contributed by atoms with Crippen molar-refractivity contribution in [3.8, 4) is 0 Å². The molecule has 0 atom stereocenters.